The number of hydrazine groups is 1. The van der Waals surface area contributed by atoms with Crippen LogP contribution in [-0.2, 0) is 16.0 Å². The number of aromatic nitrogens is 2. The van der Waals surface area contributed by atoms with Crippen molar-refractivity contribution in [3.63, 3.8) is 0 Å². The quantitative estimate of drug-likeness (QED) is 0.462. The molecule has 10 heteroatoms. The van der Waals surface area contributed by atoms with Crippen molar-refractivity contribution in [1.29, 1.82) is 0 Å². The SMILES string of the molecule is CCc1nc(NN2C(=O)C=C(C)C2=O)c2c(C)c(-c3ccc(OCCN(C)C)cc3)sc2n1.Cl. The van der Waals surface area contributed by atoms with Gasteiger partial charge in [0.1, 0.15) is 23.0 Å². The van der Waals surface area contributed by atoms with Gasteiger partial charge in [0.05, 0.1) is 5.39 Å². The maximum atomic E-state index is 12.4. The van der Waals surface area contributed by atoms with E-state index in [9.17, 15) is 9.59 Å². The van der Waals surface area contributed by atoms with Gasteiger partial charge in [-0.25, -0.2) is 9.97 Å². The third kappa shape index (κ3) is 5.06. The monoisotopic (exact) mass is 501 g/mol. The first-order valence-electron chi connectivity index (χ1n) is 10.8. The van der Waals surface area contributed by atoms with Gasteiger partial charge in [-0.15, -0.1) is 23.7 Å². The average Bonchev–Trinajstić information content (AvgIpc) is 3.24. The standard InChI is InChI=1S/C24H27N5O3S.ClH/c1-6-18-25-22(27-29-19(30)13-14(2)24(29)31)20-15(3)21(33-23(20)26-18)16-7-9-17(10-8-16)32-12-11-28(4)5;/h7-10,13H,6,11-12H2,1-5H3,(H,25,26,27);1H. The van der Waals surface area contributed by atoms with E-state index in [-0.39, 0.29) is 18.3 Å². The lowest BCUT2D eigenvalue weighted by molar-refractivity contribution is -0.135. The first-order valence-corrected chi connectivity index (χ1v) is 11.6. The first kappa shape index (κ1) is 25.6. The summed E-state index contributed by atoms with van der Waals surface area (Å²) in [7, 11) is 4.03. The van der Waals surface area contributed by atoms with Crippen LogP contribution in [-0.4, -0.2) is 58.9 Å². The molecular formula is C24H28ClN5O3S. The zero-order valence-corrected chi connectivity index (χ0v) is 21.5. The Hall–Kier alpha value is -3.01. The summed E-state index contributed by atoms with van der Waals surface area (Å²) in [5.41, 5.74) is 5.38. The zero-order chi connectivity index (χ0) is 23.7. The third-order valence-electron chi connectivity index (χ3n) is 5.39. The number of carbonyl (C=O) groups is 2. The normalized spacial score (nSPS) is 13.5. The highest BCUT2D eigenvalue weighted by atomic mass is 35.5. The molecule has 3 aromatic rings. The van der Waals surface area contributed by atoms with E-state index in [1.807, 2.05) is 52.2 Å². The molecular weight excluding hydrogens is 474 g/mol. The number of imide groups is 1. The summed E-state index contributed by atoms with van der Waals surface area (Å²) in [5, 5.41) is 1.82. The third-order valence-corrected chi connectivity index (χ3v) is 6.63. The van der Waals surface area contributed by atoms with Crippen LogP contribution in [0, 0.1) is 6.92 Å². The van der Waals surface area contributed by atoms with Crippen LogP contribution in [0.5, 0.6) is 5.75 Å². The van der Waals surface area contributed by atoms with Crippen LogP contribution < -0.4 is 10.2 Å². The number of carbonyl (C=O) groups excluding carboxylic acids is 2. The van der Waals surface area contributed by atoms with Crippen LogP contribution in [0.15, 0.2) is 35.9 Å². The molecule has 0 saturated heterocycles. The molecule has 180 valence electrons. The van der Waals surface area contributed by atoms with Crippen LogP contribution in [0.4, 0.5) is 5.82 Å². The summed E-state index contributed by atoms with van der Waals surface area (Å²) in [4.78, 5) is 37.9. The molecule has 2 amide bonds. The molecule has 0 spiro atoms. The van der Waals surface area contributed by atoms with E-state index in [0.717, 1.165) is 43.5 Å². The number of benzene rings is 1. The maximum Gasteiger partial charge on any atom is 0.275 e. The number of anilines is 1. The van der Waals surface area contributed by atoms with E-state index in [2.05, 4.69) is 15.3 Å². The minimum Gasteiger partial charge on any atom is -0.492 e. The highest BCUT2D eigenvalue weighted by Crippen LogP contribution is 2.40. The predicted octanol–water partition coefficient (Wildman–Crippen LogP) is 4.23. The Labute approximate surface area is 209 Å². The number of nitrogens with zero attached hydrogens (tertiary/aromatic N) is 4. The Kier molecular flexibility index (Phi) is 7.91. The number of amides is 2. The van der Waals surface area contributed by atoms with Gasteiger partial charge in [-0.3, -0.25) is 15.0 Å². The molecule has 1 aliphatic rings. The molecule has 0 unspecified atom stereocenters. The number of rotatable bonds is 8. The Morgan fingerprint density at radius 2 is 1.82 bits per heavy atom. The lowest BCUT2D eigenvalue weighted by atomic mass is 10.1. The number of thiophene rings is 1. The topological polar surface area (TPSA) is 87.7 Å². The summed E-state index contributed by atoms with van der Waals surface area (Å²) in [6, 6.07) is 8.00. The fraction of sp³-hybridized carbons (Fsp3) is 0.333. The second kappa shape index (κ2) is 10.5. The molecule has 3 heterocycles. The van der Waals surface area contributed by atoms with E-state index in [4.69, 9.17) is 9.72 Å². The Morgan fingerprint density at radius 3 is 2.41 bits per heavy atom. The summed E-state index contributed by atoms with van der Waals surface area (Å²) in [5.74, 6) is 1.16. The lowest BCUT2D eigenvalue weighted by Crippen LogP contribution is -2.36. The van der Waals surface area contributed by atoms with Crippen LogP contribution in [0.3, 0.4) is 0 Å². The van der Waals surface area contributed by atoms with Crippen molar-refractivity contribution in [3.8, 4) is 16.2 Å². The fourth-order valence-corrected chi connectivity index (χ4v) is 4.75. The van der Waals surface area contributed by atoms with Crippen molar-refractivity contribution in [2.24, 2.45) is 0 Å². The Bertz CT molecular complexity index is 1250. The van der Waals surface area contributed by atoms with Gasteiger partial charge >= 0.3 is 0 Å². The van der Waals surface area contributed by atoms with Gasteiger partial charge in [0, 0.05) is 29.5 Å². The molecule has 2 aromatic heterocycles. The molecule has 4 rings (SSSR count). The van der Waals surface area contributed by atoms with Gasteiger partial charge in [-0.05, 0) is 63.3 Å². The molecule has 0 radical (unpaired) electrons. The van der Waals surface area contributed by atoms with E-state index in [1.54, 1.807) is 18.3 Å². The number of fused-ring (bicyclic) bond motifs is 1. The average molecular weight is 502 g/mol. The smallest absolute Gasteiger partial charge is 0.275 e. The number of hydrogen-bond donors (Lipinski definition) is 1. The first-order chi connectivity index (χ1) is 15.8. The Balaban J connectivity index is 0.00000324. The number of hydrogen-bond acceptors (Lipinski definition) is 8. The van der Waals surface area contributed by atoms with Crippen molar-refractivity contribution in [3.05, 3.63) is 47.3 Å². The summed E-state index contributed by atoms with van der Waals surface area (Å²) in [6.07, 6.45) is 1.96. The maximum absolute atomic E-state index is 12.4. The molecule has 0 aliphatic carbocycles. The number of nitrogens with one attached hydrogen (secondary N) is 1. The van der Waals surface area contributed by atoms with E-state index >= 15 is 0 Å². The van der Waals surface area contributed by atoms with Crippen molar-refractivity contribution >= 4 is 51.6 Å². The van der Waals surface area contributed by atoms with Crippen molar-refractivity contribution in [2.75, 3.05) is 32.7 Å². The van der Waals surface area contributed by atoms with Gasteiger partial charge in [0.2, 0.25) is 0 Å². The van der Waals surface area contributed by atoms with E-state index in [1.165, 1.54) is 6.08 Å². The van der Waals surface area contributed by atoms with Gasteiger partial charge in [0.15, 0.2) is 5.82 Å². The minimum absolute atomic E-state index is 0. The van der Waals surface area contributed by atoms with Crippen molar-refractivity contribution in [1.82, 2.24) is 19.9 Å². The summed E-state index contributed by atoms with van der Waals surface area (Å²) >= 11 is 1.57. The number of aryl methyl sites for hydroxylation is 2. The van der Waals surface area contributed by atoms with Gasteiger partial charge in [-0.1, -0.05) is 6.92 Å². The number of ether oxygens (including phenoxy) is 1. The highest BCUT2D eigenvalue weighted by molar-refractivity contribution is 7.22. The molecule has 1 aliphatic heterocycles. The molecule has 0 saturated carbocycles. The molecule has 34 heavy (non-hydrogen) atoms. The van der Waals surface area contributed by atoms with Crippen molar-refractivity contribution in [2.45, 2.75) is 27.2 Å². The zero-order valence-electron chi connectivity index (χ0n) is 19.8. The van der Waals surface area contributed by atoms with E-state index < -0.39 is 5.91 Å². The Morgan fingerprint density at radius 1 is 1.12 bits per heavy atom. The minimum atomic E-state index is -0.403. The summed E-state index contributed by atoms with van der Waals surface area (Å²) in [6.45, 7) is 7.08. The largest absolute Gasteiger partial charge is 0.492 e. The molecule has 8 nitrogen and oxygen atoms in total. The van der Waals surface area contributed by atoms with Gasteiger partial charge in [0.25, 0.3) is 11.8 Å². The lowest BCUT2D eigenvalue weighted by Gasteiger charge is -2.17. The van der Waals surface area contributed by atoms with Crippen LogP contribution in [0.2, 0.25) is 0 Å². The van der Waals surface area contributed by atoms with E-state index in [0.29, 0.717) is 30.2 Å². The molecule has 0 atom stereocenters. The molecule has 0 fully saturated rings. The van der Waals surface area contributed by atoms with Crippen LogP contribution >= 0.6 is 23.7 Å². The predicted molar refractivity (Wildman–Crippen MR) is 137 cm³/mol. The highest BCUT2D eigenvalue weighted by Gasteiger charge is 2.30. The second-order valence-corrected chi connectivity index (χ2v) is 9.17. The van der Waals surface area contributed by atoms with Crippen LogP contribution in [0.1, 0.15) is 25.2 Å². The summed E-state index contributed by atoms with van der Waals surface area (Å²) < 4.78 is 5.80. The van der Waals surface area contributed by atoms with Crippen LogP contribution in [0.25, 0.3) is 20.7 Å². The molecule has 1 aromatic carbocycles. The number of halogens is 1. The van der Waals surface area contributed by atoms with Crippen molar-refractivity contribution < 1.29 is 14.3 Å². The molecule has 0 bridgehead atoms. The van der Waals surface area contributed by atoms with Gasteiger partial charge in [-0.2, -0.15) is 5.01 Å². The molecule has 1 N–H and O–H groups in total. The second-order valence-electron chi connectivity index (χ2n) is 8.17. The fourth-order valence-electron chi connectivity index (χ4n) is 3.55. The number of likely N-dealkylation sites (N-methyl/N-ethyl adjacent to an activating group) is 1. The van der Waals surface area contributed by atoms with Gasteiger partial charge < -0.3 is 9.64 Å².